The van der Waals surface area contributed by atoms with Crippen LogP contribution in [0.1, 0.15) is 29.4 Å². The minimum Gasteiger partial charge on any atom is -0.458 e. The highest BCUT2D eigenvalue weighted by Gasteiger charge is 2.58. The number of benzene rings is 2. The number of aliphatic hydroxyl groups is 1. The summed E-state index contributed by atoms with van der Waals surface area (Å²) in [6.45, 7) is -2.02. The van der Waals surface area contributed by atoms with E-state index in [0.717, 1.165) is 18.1 Å². The number of amides is 1. The maximum atomic E-state index is 13.3. The minimum absolute atomic E-state index is 0.0764. The van der Waals surface area contributed by atoms with Gasteiger partial charge in [-0.3, -0.25) is 14.7 Å². The number of aliphatic hydroxyl groups excluding tert-OH is 1. The number of hydrogen-bond donors (Lipinski definition) is 3. The molecular weight excluding hydrogens is 515 g/mol. The molecule has 2 atom stereocenters. The standard InChI is InChI=1S/C25H25F5N4O4/c1-23(14-35,22(37)38-15-24(26,27)25(28,29)30)12-19(32-21(36)20-13-31-34-33-20)11-16-7-9-18(10-8-16)17-5-3-2-4-6-17/h2-10,13,19,35H,11-12,14-15H2,1H3,(H,32,36)(H,31,33,34)/t19-,23?/m1/s1. The van der Waals surface area contributed by atoms with Crippen LogP contribution in [-0.2, 0) is 16.0 Å². The van der Waals surface area contributed by atoms with Crippen molar-refractivity contribution in [1.82, 2.24) is 20.7 Å². The predicted octanol–water partition coefficient (Wildman–Crippen LogP) is 3.94. The lowest BCUT2D eigenvalue weighted by atomic mass is 9.82. The number of nitrogens with zero attached hydrogens (tertiary/aromatic N) is 2. The molecule has 0 aliphatic carbocycles. The summed E-state index contributed by atoms with van der Waals surface area (Å²) >= 11 is 0. The summed E-state index contributed by atoms with van der Waals surface area (Å²) in [4.78, 5) is 25.2. The van der Waals surface area contributed by atoms with E-state index in [0.29, 0.717) is 5.56 Å². The summed E-state index contributed by atoms with van der Waals surface area (Å²) in [5, 5.41) is 22.0. The topological polar surface area (TPSA) is 117 Å². The maximum absolute atomic E-state index is 13.3. The van der Waals surface area contributed by atoms with Gasteiger partial charge < -0.3 is 15.2 Å². The summed E-state index contributed by atoms with van der Waals surface area (Å²) in [6, 6.07) is 15.9. The van der Waals surface area contributed by atoms with E-state index in [1.165, 1.54) is 6.20 Å². The van der Waals surface area contributed by atoms with Crippen molar-refractivity contribution in [3.8, 4) is 11.1 Å². The van der Waals surface area contributed by atoms with E-state index in [4.69, 9.17) is 0 Å². The van der Waals surface area contributed by atoms with Gasteiger partial charge in [0.1, 0.15) is 0 Å². The van der Waals surface area contributed by atoms with E-state index in [-0.39, 0.29) is 18.5 Å². The lowest BCUT2D eigenvalue weighted by molar-refractivity contribution is -0.295. The molecule has 2 aromatic carbocycles. The van der Waals surface area contributed by atoms with Crippen LogP contribution >= 0.6 is 0 Å². The van der Waals surface area contributed by atoms with Crippen LogP contribution in [0.2, 0.25) is 0 Å². The summed E-state index contributed by atoms with van der Waals surface area (Å²) < 4.78 is 68.3. The number of carbonyl (C=O) groups excluding carboxylic acids is 2. The number of halogens is 5. The molecule has 3 rings (SSSR count). The zero-order valence-electron chi connectivity index (χ0n) is 20.1. The number of esters is 1. The Morgan fingerprint density at radius 3 is 2.21 bits per heavy atom. The van der Waals surface area contributed by atoms with E-state index in [9.17, 15) is 36.6 Å². The highest BCUT2D eigenvalue weighted by molar-refractivity contribution is 5.92. The van der Waals surface area contributed by atoms with E-state index >= 15 is 0 Å². The molecule has 0 bridgehead atoms. The molecule has 13 heteroatoms. The van der Waals surface area contributed by atoms with Crippen LogP contribution < -0.4 is 5.32 Å². The Morgan fingerprint density at radius 2 is 1.66 bits per heavy atom. The number of alkyl halides is 5. The fourth-order valence-electron chi connectivity index (χ4n) is 3.66. The molecule has 3 aromatic rings. The summed E-state index contributed by atoms with van der Waals surface area (Å²) in [5.74, 6) is -7.41. The molecule has 38 heavy (non-hydrogen) atoms. The first-order valence-electron chi connectivity index (χ1n) is 11.4. The van der Waals surface area contributed by atoms with Crippen molar-refractivity contribution >= 4 is 11.9 Å². The number of aromatic amines is 1. The predicted molar refractivity (Wildman–Crippen MR) is 125 cm³/mol. The molecule has 1 heterocycles. The monoisotopic (exact) mass is 540 g/mol. The van der Waals surface area contributed by atoms with Crippen LogP contribution in [0.4, 0.5) is 22.0 Å². The number of nitrogens with one attached hydrogen (secondary N) is 2. The fraction of sp³-hybridized carbons (Fsp3) is 0.360. The number of rotatable bonds is 11. The van der Waals surface area contributed by atoms with E-state index in [1.807, 2.05) is 42.5 Å². The fourth-order valence-corrected chi connectivity index (χ4v) is 3.66. The molecule has 0 radical (unpaired) electrons. The van der Waals surface area contributed by atoms with Gasteiger partial charge in [0.05, 0.1) is 18.2 Å². The van der Waals surface area contributed by atoms with Gasteiger partial charge in [-0.05, 0) is 36.5 Å². The van der Waals surface area contributed by atoms with E-state index < -0.39 is 48.6 Å². The highest BCUT2D eigenvalue weighted by atomic mass is 19.4. The Bertz CT molecular complexity index is 1200. The molecule has 0 aliphatic heterocycles. The normalized spacial score (nSPS) is 14.4. The molecule has 3 N–H and O–H groups in total. The quantitative estimate of drug-likeness (QED) is 0.251. The Hall–Kier alpha value is -3.87. The average Bonchev–Trinajstić information content (AvgIpc) is 3.43. The van der Waals surface area contributed by atoms with E-state index in [1.54, 1.807) is 12.1 Å². The maximum Gasteiger partial charge on any atom is 0.456 e. The van der Waals surface area contributed by atoms with Crippen LogP contribution in [0, 0.1) is 5.41 Å². The van der Waals surface area contributed by atoms with Crippen LogP contribution in [0.3, 0.4) is 0 Å². The third-order valence-electron chi connectivity index (χ3n) is 5.87. The Kier molecular flexibility index (Phi) is 8.82. The summed E-state index contributed by atoms with van der Waals surface area (Å²) in [7, 11) is 0. The lowest BCUT2D eigenvalue weighted by Crippen LogP contribution is -2.47. The van der Waals surface area contributed by atoms with Crippen molar-refractivity contribution < 1.29 is 41.4 Å². The van der Waals surface area contributed by atoms with Gasteiger partial charge in [-0.25, -0.2) is 0 Å². The number of ether oxygens (including phenoxy) is 1. The van der Waals surface area contributed by atoms with Gasteiger partial charge in [-0.15, -0.1) is 5.10 Å². The largest absolute Gasteiger partial charge is 0.458 e. The first-order chi connectivity index (χ1) is 17.8. The molecule has 0 spiro atoms. The molecule has 204 valence electrons. The lowest BCUT2D eigenvalue weighted by Gasteiger charge is -2.31. The number of H-pyrrole nitrogens is 1. The summed E-state index contributed by atoms with van der Waals surface area (Å²) in [5.41, 5.74) is 0.626. The average molecular weight is 540 g/mol. The van der Waals surface area contributed by atoms with Gasteiger partial charge in [-0.2, -0.15) is 22.0 Å². The van der Waals surface area contributed by atoms with Crippen LogP contribution in [0.25, 0.3) is 11.1 Å². The second-order valence-corrected chi connectivity index (χ2v) is 9.00. The molecule has 0 saturated heterocycles. The van der Waals surface area contributed by atoms with Gasteiger partial charge in [0, 0.05) is 6.04 Å². The smallest absolute Gasteiger partial charge is 0.456 e. The van der Waals surface area contributed by atoms with E-state index in [2.05, 4.69) is 25.5 Å². The zero-order valence-corrected chi connectivity index (χ0v) is 20.1. The van der Waals surface area contributed by atoms with Crippen LogP contribution in [-0.4, -0.2) is 63.7 Å². The second kappa shape index (κ2) is 11.7. The Balaban J connectivity index is 1.79. The SMILES string of the molecule is CC(CO)(C[C@@H](Cc1ccc(-c2ccccc2)cc1)NC(=O)c1c[nH]nn1)C(=O)OCC(F)(F)C(F)(F)F. The third kappa shape index (κ3) is 7.12. The molecule has 8 nitrogen and oxygen atoms in total. The molecular formula is C25H25F5N4O4. The molecule has 1 amide bonds. The van der Waals surface area contributed by atoms with Crippen molar-refractivity contribution in [2.45, 2.75) is 37.9 Å². The number of hydrogen-bond acceptors (Lipinski definition) is 6. The van der Waals surface area contributed by atoms with Gasteiger partial charge in [0.15, 0.2) is 12.3 Å². The Morgan fingerprint density at radius 1 is 1.03 bits per heavy atom. The molecule has 1 aromatic heterocycles. The van der Waals surface area contributed by atoms with Crippen LogP contribution in [0.15, 0.2) is 60.8 Å². The zero-order chi connectivity index (χ0) is 28.0. The first-order valence-corrected chi connectivity index (χ1v) is 11.4. The van der Waals surface area contributed by atoms with Crippen molar-refractivity contribution in [2.24, 2.45) is 5.41 Å². The van der Waals surface area contributed by atoms with Gasteiger partial charge >= 0.3 is 18.1 Å². The molecule has 0 saturated carbocycles. The molecule has 0 fully saturated rings. The van der Waals surface area contributed by atoms with Gasteiger partial charge in [0.25, 0.3) is 5.91 Å². The minimum atomic E-state index is -5.91. The van der Waals surface area contributed by atoms with Crippen molar-refractivity contribution in [3.05, 3.63) is 72.1 Å². The third-order valence-corrected chi connectivity index (χ3v) is 5.87. The van der Waals surface area contributed by atoms with Gasteiger partial charge in [-0.1, -0.05) is 59.8 Å². The molecule has 1 unspecified atom stereocenters. The highest BCUT2D eigenvalue weighted by Crippen LogP contribution is 2.36. The number of carbonyl (C=O) groups is 2. The Labute approximate surface area is 214 Å². The summed E-state index contributed by atoms with van der Waals surface area (Å²) in [6.07, 6.45) is -4.91. The van der Waals surface area contributed by atoms with Crippen molar-refractivity contribution in [1.29, 1.82) is 0 Å². The van der Waals surface area contributed by atoms with Crippen molar-refractivity contribution in [3.63, 3.8) is 0 Å². The number of aromatic nitrogens is 3. The van der Waals surface area contributed by atoms with Crippen molar-refractivity contribution in [2.75, 3.05) is 13.2 Å². The van der Waals surface area contributed by atoms with Crippen LogP contribution in [0.5, 0.6) is 0 Å². The molecule has 0 aliphatic rings. The first kappa shape index (κ1) is 28.7. The van der Waals surface area contributed by atoms with Gasteiger partial charge in [0.2, 0.25) is 0 Å². The second-order valence-electron chi connectivity index (χ2n) is 9.00.